The molecule has 0 aromatic heterocycles. The van der Waals surface area contributed by atoms with E-state index in [2.05, 4.69) is 13.8 Å². The van der Waals surface area contributed by atoms with Gasteiger partial charge in [0, 0.05) is 25.2 Å². The molecule has 4 heteroatoms. The van der Waals surface area contributed by atoms with Gasteiger partial charge in [-0.1, -0.05) is 105 Å². The third-order valence-electron chi connectivity index (χ3n) is 5.30. The van der Waals surface area contributed by atoms with Crippen LogP contribution in [-0.4, -0.2) is 36.5 Å². The van der Waals surface area contributed by atoms with Crippen molar-refractivity contribution in [2.45, 2.75) is 118 Å². The summed E-state index contributed by atoms with van der Waals surface area (Å²) >= 11 is 0. The van der Waals surface area contributed by atoms with Crippen molar-refractivity contribution in [1.29, 1.82) is 0 Å². The molecule has 0 unspecified atom stereocenters. The standard InChI is InChI=1S/C26H49NO3/c1-5-7-9-11-13-15-17-21-27(22-18-16-14-12-10-8-6-2)25(28)19-20-26(29)30-23-24(3)4/h19-20,24H,5-18,21-23H2,1-4H3/b20-19+. The zero-order chi connectivity index (χ0) is 22.5. The molecular weight excluding hydrogens is 374 g/mol. The summed E-state index contributed by atoms with van der Waals surface area (Å²) in [5.74, 6) is -0.193. The Morgan fingerprint density at radius 3 is 1.57 bits per heavy atom. The number of ether oxygens (including phenoxy) is 1. The van der Waals surface area contributed by atoms with Gasteiger partial charge in [-0.05, 0) is 18.8 Å². The lowest BCUT2D eigenvalue weighted by Gasteiger charge is -2.21. The van der Waals surface area contributed by atoms with Crippen LogP contribution in [0.25, 0.3) is 0 Å². The molecule has 0 saturated heterocycles. The van der Waals surface area contributed by atoms with Crippen molar-refractivity contribution in [2.75, 3.05) is 19.7 Å². The summed E-state index contributed by atoms with van der Waals surface area (Å²) in [5, 5.41) is 0. The first-order chi connectivity index (χ1) is 14.5. The first-order valence-electron chi connectivity index (χ1n) is 12.6. The van der Waals surface area contributed by atoms with Gasteiger partial charge in [-0.3, -0.25) is 4.79 Å². The van der Waals surface area contributed by atoms with E-state index < -0.39 is 5.97 Å². The highest BCUT2D eigenvalue weighted by atomic mass is 16.5. The Morgan fingerprint density at radius 2 is 1.13 bits per heavy atom. The number of amides is 1. The van der Waals surface area contributed by atoms with Gasteiger partial charge in [-0.25, -0.2) is 4.79 Å². The highest BCUT2D eigenvalue weighted by molar-refractivity contribution is 5.94. The number of hydrogen-bond donors (Lipinski definition) is 0. The van der Waals surface area contributed by atoms with Gasteiger partial charge in [-0.2, -0.15) is 0 Å². The van der Waals surface area contributed by atoms with Crippen molar-refractivity contribution in [3.05, 3.63) is 12.2 Å². The second-order valence-electron chi connectivity index (χ2n) is 8.93. The first kappa shape index (κ1) is 28.7. The zero-order valence-corrected chi connectivity index (χ0v) is 20.4. The molecule has 0 rings (SSSR count). The summed E-state index contributed by atoms with van der Waals surface area (Å²) in [5.41, 5.74) is 0. The fourth-order valence-electron chi connectivity index (χ4n) is 3.39. The van der Waals surface area contributed by atoms with E-state index in [0.717, 1.165) is 25.9 Å². The van der Waals surface area contributed by atoms with E-state index in [0.29, 0.717) is 12.5 Å². The maximum absolute atomic E-state index is 12.6. The molecule has 0 saturated carbocycles. The lowest BCUT2D eigenvalue weighted by Crippen LogP contribution is -2.31. The minimum Gasteiger partial charge on any atom is -0.462 e. The largest absolute Gasteiger partial charge is 0.462 e. The number of nitrogens with zero attached hydrogens (tertiary/aromatic N) is 1. The summed E-state index contributed by atoms with van der Waals surface area (Å²) in [6, 6.07) is 0. The Kier molecular flexibility index (Phi) is 20.0. The number of carbonyl (C=O) groups excluding carboxylic acids is 2. The van der Waals surface area contributed by atoms with Crippen molar-refractivity contribution in [2.24, 2.45) is 5.92 Å². The quantitative estimate of drug-likeness (QED) is 0.119. The van der Waals surface area contributed by atoms with Crippen molar-refractivity contribution in [3.8, 4) is 0 Å². The zero-order valence-electron chi connectivity index (χ0n) is 20.4. The molecule has 0 aliphatic heterocycles. The number of rotatable bonds is 20. The lowest BCUT2D eigenvalue weighted by atomic mass is 10.1. The third-order valence-corrected chi connectivity index (χ3v) is 5.30. The molecule has 0 atom stereocenters. The van der Waals surface area contributed by atoms with Crippen LogP contribution in [-0.2, 0) is 14.3 Å². The van der Waals surface area contributed by atoms with Gasteiger partial charge in [0.2, 0.25) is 5.91 Å². The Hall–Kier alpha value is -1.32. The Bertz CT molecular complexity index is 428. The SMILES string of the molecule is CCCCCCCCCN(CCCCCCCCC)C(=O)/C=C/C(=O)OCC(C)C. The van der Waals surface area contributed by atoms with Crippen molar-refractivity contribution in [3.63, 3.8) is 0 Å². The highest BCUT2D eigenvalue weighted by Gasteiger charge is 2.11. The average molecular weight is 424 g/mol. The summed E-state index contributed by atoms with van der Waals surface area (Å²) in [7, 11) is 0. The predicted octanol–water partition coefficient (Wildman–Crippen LogP) is 7.07. The molecule has 0 aromatic rings. The normalized spacial score (nSPS) is 11.4. The van der Waals surface area contributed by atoms with E-state index in [1.807, 2.05) is 18.7 Å². The molecule has 0 radical (unpaired) electrons. The molecule has 0 N–H and O–H groups in total. The number of esters is 1. The molecule has 30 heavy (non-hydrogen) atoms. The molecule has 0 fully saturated rings. The minimum absolute atomic E-state index is 0.0616. The summed E-state index contributed by atoms with van der Waals surface area (Å²) in [6.07, 6.45) is 20.0. The maximum Gasteiger partial charge on any atom is 0.330 e. The molecule has 0 bridgehead atoms. The molecule has 0 aliphatic carbocycles. The van der Waals surface area contributed by atoms with Crippen molar-refractivity contribution >= 4 is 11.9 Å². The van der Waals surface area contributed by atoms with E-state index in [-0.39, 0.29) is 5.91 Å². The van der Waals surface area contributed by atoms with Crippen LogP contribution in [0.2, 0.25) is 0 Å². The van der Waals surface area contributed by atoms with E-state index in [9.17, 15) is 9.59 Å². The van der Waals surface area contributed by atoms with Gasteiger partial charge in [0.25, 0.3) is 0 Å². The van der Waals surface area contributed by atoms with Crippen LogP contribution in [0.1, 0.15) is 118 Å². The summed E-state index contributed by atoms with van der Waals surface area (Å²) < 4.78 is 5.13. The van der Waals surface area contributed by atoms with Gasteiger partial charge in [0.1, 0.15) is 0 Å². The second kappa shape index (κ2) is 20.9. The minimum atomic E-state index is -0.427. The number of hydrogen-bond acceptors (Lipinski definition) is 3. The molecule has 176 valence electrons. The number of carbonyl (C=O) groups is 2. The topological polar surface area (TPSA) is 46.6 Å². The van der Waals surface area contributed by atoms with Crippen LogP contribution in [0.3, 0.4) is 0 Å². The third kappa shape index (κ3) is 18.7. The van der Waals surface area contributed by atoms with Crippen molar-refractivity contribution in [1.82, 2.24) is 4.90 Å². The maximum atomic E-state index is 12.6. The Balaban J connectivity index is 4.35. The molecule has 0 aliphatic rings. The number of unbranched alkanes of at least 4 members (excludes halogenated alkanes) is 12. The van der Waals surface area contributed by atoms with E-state index >= 15 is 0 Å². The molecule has 0 aromatic carbocycles. The van der Waals surface area contributed by atoms with Crippen LogP contribution in [0.15, 0.2) is 12.2 Å². The molecule has 1 amide bonds. The molecule has 4 nitrogen and oxygen atoms in total. The van der Waals surface area contributed by atoms with E-state index in [1.54, 1.807) is 0 Å². The van der Waals surface area contributed by atoms with Crippen LogP contribution in [0.4, 0.5) is 0 Å². The van der Waals surface area contributed by atoms with Crippen LogP contribution in [0.5, 0.6) is 0 Å². The van der Waals surface area contributed by atoms with Crippen LogP contribution < -0.4 is 0 Å². The van der Waals surface area contributed by atoms with Gasteiger partial charge < -0.3 is 9.64 Å². The highest BCUT2D eigenvalue weighted by Crippen LogP contribution is 2.11. The van der Waals surface area contributed by atoms with E-state index in [1.165, 1.54) is 89.2 Å². The fraction of sp³-hybridized carbons (Fsp3) is 0.846. The van der Waals surface area contributed by atoms with Gasteiger partial charge in [0.05, 0.1) is 6.61 Å². The van der Waals surface area contributed by atoms with Crippen molar-refractivity contribution < 1.29 is 14.3 Å². The average Bonchev–Trinajstić information content (AvgIpc) is 2.73. The predicted molar refractivity (Wildman–Crippen MR) is 128 cm³/mol. The Labute approximate surface area is 186 Å². The van der Waals surface area contributed by atoms with Crippen LogP contribution in [0, 0.1) is 5.92 Å². The fourth-order valence-corrected chi connectivity index (χ4v) is 3.39. The smallest absolute Gasteiger partial charge is 0.330 e. The summed E-state index contributed by atoms with van der Waals surface area (Å²) in [4.78, 5) is 26.3. The van der Waals surface area contributed by atoms with Crippen LogP contribution >= 0.6 is 0 Å². The molecule has 0 spiro atoms. The Morgan fingerprint density at radius 1 is 0.700 bits per heavy atom. The van der Waals surface area contributed by atoms with E-state index in [4.69, 9.17) is 4.74 Å². The lowest BCUT2D eigenvalue weighted by molar-refractivity contribution is -0.139. The summed E-state index contributed by atoms with van der Waals surface area (Å²) in [6.45, 7) is 10.4. The van der Waals surface area contributed by atoms with Gasteiger partial charge >= 0.3 is 5.97 Å². The second-order valence-corrected chi connectivity index (χ2v) is 8.93. The van der Waals surface area contributed by atoms with Gasteiger partial charge in [0.15, 0.2) is 0 Å². The van der Waals surface area contributed by atoms with Gasteiger partial charge in [-0.15, -0.1) is 0 Å². The molecule has 0 heterocycles. The first-order valence-corrected chi connectivity index (χ1v) is 12.6. The monoisotopic (exact) mass is 423 g/mol. The molecular formula is C26H49NO3.